The zero-order chi connectivity index (χ0) is 17.8. The monoisotopic (exact) mass is 326 g/mol. The van der Waals surface area contributed by atoms with Crippen molar-refractivity contribution in [2.45, 2.75) is 72.4 Å². The standard InChI is InChI=1S/C18H34N2O3/c1-12(2)16(14(4)22)20-15(23)9-19-18(11-21)8-13(3)7-17(5,6)10-18/h12-13,16,19,21H,7-11H2,1-6H3,(H,20,23). The average Bonchev–Trinajstić information content (AvgIpc) is 2.39. The summed E-state index contributed by atoms with van der Waals surface area (Å²) < 4.78 is 0. The molecule has 23 heavy (non-hydrogen) atoms. The van der Waals surface area contributed by atoms with Gasteiger partial charge in [-0.2, -0.15) is 0 Å². The fraction of sp³-hybridized carbons (Fsp3) is 0.889. The normalized spacial score (nSPS) is 28.4. The Morgan fingerprint density at radius 1 is 1.26 bits per heavy atom. The number of aliphatic hydroxyl groups is 1. The zero-order valence-electron chi connectivity index (χ0n) is 15.5. The van der Waals surface area contributed by atoms with Crippen molar-refractivity contribution in [3.63, 3.8) is 0 Å². The van der Waals surface area contributed by atoms with Crippen molar-refractivity contribution < 1.29 is 14.7 Å². The van der Waals surface area contributed by atoms with E-state index in [1.165, 1.54) is 6.92 Å². The molecule has 3 N–H and O–H groups in total. The van der Waals surface area contributed by atoms with E-state index in [0.29, 0.717) is 5.92 Å². The van der Waals surface area contributed by atoms with Gasteiger partial charge in [-0.25, -0.2) is 0 Å². The highest BCUT2D eigenvalue weighted by atomic mass is 16.3. The highest BCUT2D eigenvalue weighted by Crippen LogP contribution is 2.43. The van der Waals surface area contributed by atoms with Gasteiger partial charge in [-0.15, -0.1) is 0 Å². The summed E-state index contributed by atoms with van der Waals surface area (Å²) in [6.45, 7) is 12.1. The lowest BCUT2D eigenvalue weighted by molar-refractivity contribution is -0.127. The predicted octanol–water partition coefficient (Wildman–Crippen LogP) is 1.88. The molecule has 3 atom stereocenters. The minimum absolute atomic E-state index is 0.0222. The summed E-state index contributed by atoms with van der Waals surface area (Å²) in [5.41, 5.74) is -0.272. The van der Waals surface area contributed by atoms with Crippen LogP contribution >= 0.6 is 0 Å². The summed E-state index contributed by atoms with van der Waals surface area (Å²) in [6.07, 6.45) is 2.83. The number of hydrogen-bond acceptors (Lipinski definition) is 4. The molecule has 1 aliphatic rings. The van der Waals surface area contributed by atoms with Gasteiger partial charge in [0.1, 0.15) is 0 Å². The molecule has 0 spiro atoms. The third kappa shape index (κ3) is 5.88. The molecular formula is C18H34N2O3. The minimum atomic E-state index is -0.448. The average molecular weight is 326 g/mol. The first-order valence-electron chi connectivity index (χ1n) is 8.66. The van der Waals surface area contributed by atoms with E-state index in [0.717, 1.165) is 19.3 Å². The third-order valence-corrected chi connectivity index (χ3v) is 4.80. The summed E-state index contributed by atoms with van der Waals surface area (Å²) in [6, 6.07) is -0.448. The highest BCUT2D eigenvalue weighted by molar-refractivity contribution is 5.88. The van der Waals surface area contributed by atoms with Crippen LogP contribution in [0.1, 0.15) is 60.8 Å². The largest absolute Gasteiger partial charge is 0.394 e. The number of amides is 1. The number of aliphatic hydroxyl groups excluding tert-OH is 1. The number of ketones is 1. The van der Waals surface area contributed by atoms with Crippen LogP contribution in [0.3, 0.4) is 0 Å². The summed E-state index contributed by atoms with van der Waals surface area (Å²) in [5.74, 6) is 0.347. The van der Waals surface area contributed by atoms with Crippen LogP contribution in [0.2, 0.25) is 0 Å². The first-order chi connectivity index (χ1) is 10.5. The minimum Gasteiger partial charge on any atom is -0.394 e. The summed E-state index contributed by atoms with van der Waals surface area (Å²) in [5, 5.41) is 16.0. The van der Waals surface area contributed by atoms with E-state index in [2.05, 4.69) is 31.4 Å². The van der Waals surface area contributed by atoms with Crippen LogP contribution in [0.15, 0.2) is 0 Å². The molecule has 5 nitrogen and oxygen atoms in total. The van der Waals surface area contributed by atoms with Crippen molar-refractivity contribution in [2.75, 3.05) is 13.2 Å². The lowest BCUT2D eigenvalue weighted by Gasteiger charge is -2.47. The molecule has 0 saturated heterocycles. The molecule has 0 bridgehead atoms. The lowest BCUT2D eigenvalue weighted by atomic mass is 9.64. The summed E-state index contributed by atoms with van der Waals surface area (Å²) >= 11 is 0. The quantitative estimate of drug-likeness (QED) is 0.667. The number of carbonyl (C=O) groups excluding carboxylic acids is 2. The Morgan fingerprint density at radius 3 is 2.30 bits per heavy atom. The van der Waals surface area contributed by atoms with Gasteiger partial charge in [0.05, 0.1) is 19.2 Å². The molecule has 1 rings (SSSR count). The Morgan fingerprint density at radius 2 is 1.87 bits per heavy atom. The maximum absolute atomic E-state index is 12.2. The first kappa shape index (κ1) is 20.1. The van der Waals surface area contributed by atoms with E-state index < -0.39 is 11.6 Å². The second-order valence-corrected chi connectivity index (χ2v) is 8.55. The van der Waals surface area contributed by atoms with Crippen molar-refractivity contribution in [1.82, 2.24) is 10.6 Å². The Bertz CT molecular complexity index is 434. The van der Waals surface area contributed by atoms with Crippen molar-refractivity contribution in [2.24, 2.45) is 17.3 Å². The second-order valence-electron chi connectivity index (χ2n) is 8.55. The lowest BCUT2D eigenvalue weighted by Crippen LogP contribution is -2.58. The van der Waals surface area contributed by atoms with E-state index in [1.807, 2.05) is 13.8 Å². The molecule has 3 unspecified atom stereocenters. The molecule has 134 valence electrons. The Hall–Kier alpha value is -0.940. The Balaban J connectivity index is 2.66. The molecule has 1 saturated carbocycles. The fourth-order valence-electron chi connectivity index (χ4n) is 4.28. The summed E-state index contributed by atoms with van der Waals surface area (Å²) in [4.78, 5) is 23.8. The number of rotatable bonds is 7. The van der Waals surface area contributed by atoms with Gasteiger partial charge in [0.2, 0.25) is 5.91 Å². The molecule has 1 aliphatic carbocycles. The highest BCUT2D eigenvalue weighted by Gasteiger charge is 2.42. The van der Waals surface area contributed by atoms with Gasteiger partial charge < -0.3 is 15.7 Å². The molecule has 1 fully saturated rings. The van der Waals surface area contributed by atoms with Crippen LogP contribution in [-0.4, -0.2) is 41.5 Å². The van der Waals surface area contributed by atoms with Crippen LogP contribution < -0.4 is 10.6 Å². The SMILES string of the molecule is CC(=O)C(NC(=O)CNC1(CO)CC(C)CC(C)(C)C1)C(C)C. The first-order valence-corrected chi connectivity index (χ1v) is 8.66. The fourth-order valence-corrected chi connectivity index (χ4v) is 4.28. The Labute approximate surface area is 140 Å². The predicted molar refractivity (Wildman–Crippen MR) is 92.1 cm³/mol. The van der Waals surface area contributed by atoms with Crippen LogP contribution in [0.5, 0.6) is 0 Å². The number of carbonyl (C=O) groups is 2. The Kier molecular flexibility index (Phi) is 6.78. The maximum Gasteiger partial charge on any atom is 0.234 e. The van der Waals surface area contributed by atoms with Gasteiger partial charge in [0.15, 0.2) is 5.78 Å². The van der Waals surface area contributed by atoms with E-state index in [4.69, 9.17) is 0 Å². The van der Waals surface area contributed by atoms with E-state index in [9.17, 15) is 14.7 Å². The smallest absolute Gasteiger partial charge is 0.234 e. The van der Waals surface area contributed by atoms with Crippen molar-refractivity contribution in [3.8, 4) is 0 Å². The van der Waals surface area contributed by atoms with E-state index >= 15 is 0 Å². The van der Waals surface area contributed by atoms with Gasteiger partial charge in [0.25, 0.3) is 0 Å². The van der Waals surface area contributed by atoms with Crippen molar-refractivity contribution in [1.29, 1.82) is 0 Å². The molecule has 0 aliphatic heterocycles. The van der Waals surface area contributed by atoms with Gasteiger partial charge in [-0.1, -0.05) is 34.6 Å². The zero-order valence-corrected chi connectivity index (χ0v) is 15.5. The van der Waals surface area contributed by atoms with Gasteiger partial charge in [-0.05, 0) is 43.4 Å². The van der Waals surface area contributed by atoms with Crippen LogP contribution in [0.25, 0.3) is 0 Å². The van der Waals surface area contributed by atoms with Crippen LogP contribution in [0, 0.1) is 17.3 Å². The summed E-state index contributed by atoms with van der Waals surface area (Å²) in [7, 11) is 0. The molecule has 1 amide bonds. The topological polar surface area (TPSA) is 78.4 Å². The van der Waals surface area contributed by atoms with E-state index in [1.54, 1.807) is 0 Å². The molecular weight excluding hydrogens is 292 g/mol. The number of hydrogen-bond donors (Lipinski definition) is 3. The number of nitrogens with one attached hydrogen (secondary N) is 2. The van der Waals surface area contributed by atoms with Crippen LogP contribution in [-0.2, 0) is 9.59 Å². The number of Topliss-reactive ketones (excluding diaryl/α,β-unsaturated/α-hetero) is 1. The molecule has 5 heteroatoms. The van der Waals surface area contributed by atoms with Crippen LogP contribution in [0.4, 0.5) is 0 Å². The third-order valence-electron chi connectivity index (χ3n) is 4.80. The molecule has 0 aromatic heterocycles. The van der Waals surface area contributed by atoms with E-state index in [-0.39, 0.29) is 36.2 Å². The van der Waals surface area contributed by atoms with Gasteiger partial charge in [0, 0.05) is 5.54 Å². The molecule has 0 aromatic rings. The van der Waals surface area contributed by atoms with Gasteiger partial charge >= 0.3 is 0 Å². The molecule has 0 heterocycles. The van der Waals surface area contributed by atoms with Crippen molar-refractivity contribution >= 4 is 11.7 Å². The van der Waals surface area contributed by atoms with Gasteiger partial charge in [-0.3, -0.25) is 9.59 Å². The maximum atomic E-state index is 12.2. The van der Waals surface area contributed by atoms with Crippen molar-refractivity contribution in [3.05, 3.63) is 0 Å². The second kappa shape index (κ2) is 7.75. The molecule has 0 aromatic carbocycles. The molecule has 0 radical (unpaired) electrons.